The Labute approximate surface area is 89.7 Å². The number of carbonyl (C=O) groups is 1. The fourth-order valence-corrected chi connectivity index (χ4v) is 1.63. The first kappa shape index (κ1) is 10.0. The average Bonchev–Trinajstić information content (AvgIpc) is 2.63. The van der Waals surface area contributed by atoms with Crippen molar-refractivity contribution >= 4 is 5.91 Å². The third-order valence-electron chi connectivity index (χ3n) is 2.58. The lowest BCUT2D eigenvalue weighted by Gasteiger charge is -2.16. The molecule has 1 aromatic carbocycles. The molecule has 3 nitrogen and oxygen atoms in total. The van der Waals surface area contributed by atoms with Crippen molar-refractivity contribution in [3.8, 4) is 5.75 Å². The van der Waals surface area contributed by atoms with Gasteiger partial charge in [-0.1, -0.05) is 17.7 Å². The highest BCUT2D eigenvalue weighted by Gasteiger charge is 2.19. The zero-order valence-corrected chi connectivity index (χ0v) is 8.90. The molecular formula is C12H15NO2. The predicted molar refractivity (Wildman–Crippen MR) is 57.6 cm³/mol. The molecule has 15 heavy (non-hydrogen) atoms. The fraction of sp³-hybridized carbons (Fsp3) is 0.417. The Hall–Kier alpha value is -1.51. The second kappa shape index (κ2) is 4.34. The lowest BCUT2D eigenvalue weighted by atomic mass is 10.2. The minimum absolute atomic E-state index is 0.196. The summed E-state index contributed by atoms with van der Waals surface area (Å²) < 4.78 is 5.52. The van der Waals surface area contributed by atoms with Gasteiger partial charge in [0.2, 0.25) is 5.91 Å². The maximum atomic E-state index is 11.3. The van der Waals surface area contributed by atoms with Crippen molar-refractivity contribution in [2.75, 3.05) is 13.3 Å². The highest BCUT2D eigenvalue weighted by atomic mass is 16.5. The van der Waals surface area contributed by atoms with Crippen molar-refractivity contribution in [2.45, 2.75) is 19.8 Å². The van der Waals surface area contributed by atoms with Crippen molar-refractivity contribution in [1.82, 2.24) is 4.90 Å². The zero-order chi connectivity index (χ0) is 10.7. The number of hydrogen-bond donors (Lipinski definition) is 0. The van der Waals surface area contributed by atoms with Crippen LogP contribution in [0.1, 0.15) is 18.4 Å². The second-order valence-electron chi connectivity index (χ2n) is 3.85. The molecule has 0 spiro atoms. The Morgan fingerprint density at radius 2 is 2.07 bits per heavy atom. The van der Waals surface area contributed by atoms with Gasteiger partial charge in [-0.2, -0.15) is 0 Å². The molecule has 1 heterocycles. The normalized spacial score (nSPS) is 15.8. The Kier molecular flexibility index (Phi) is 2.90. The minimum atomic E-state index is 0.196. The summed E-state index contributed by atoms with van der Waals surface area (Å²) in [5, 5.41) is 0. The summed E-state index contributed by atoms with van der Waals surface area (Å²) >= 11 is 0. The summed E-state index contributed by atoms with van der Waals surface area (Å²) in [6.07, 6.45) is 1.62. The molecular weight excluding hydrogens is 190 g/mol. The van der Waals surface area contributed by atoms with E-state index in [0.717, 1.165) is 18.7 Å². The van der Waals surface area contributed by atoms with Gasteiger partial charge >= 0.3 is 0 Å². The molecule has 0 atom stereocenters. The predicted octanol–water partition coefficient (Wildman–Crippen LogP) is 1.95. The van der Waals surface area contributed by atoms with Gasteiger partial charge < -0.3 is 9.64 Å². The van der Waals surface area contributed by atoms with E-state index >= 15 is 0 Å². The highest BCUT2D eigenvalue weighted by Crippen LogP contribution is 2.14. The van der Waals surface area contributed by atoms with Crippen LogP contribution in [0.4, 0.5) is 0 Å². The first-order valence-electron chi connectivity index (χ1n) is 5.23. The zero-order valence-electron chi connectivity index (χ0n) is 8.90. The quantitative estimate of drug-likeness (QED) is 0.754. The van der Waals surface area contributed by atoms with E-state index in [1.807, 2.05) is 31.2 Å². The van der Waals surface area contributed by atoms with Gasteiger partial charge in [-0.25, -0.2) is 0 Å². The summed E-state index contributed by atoms with van der Waals surface area (Å²) in [5.41, 5.74) is 1.21. The Morgan fingerprint density at radius 1 is 1.33 bits per heavy atom. The summed E-state index contributed by atoms with van der Waals surface area (Å²) in [7, 11) is 0. The number of carbonyl (C=O) groups excluding carboxylic acids is 1. The van der Waals surface area contributed by atoms with Crippen LogP contribution in [0.5, 0.6) is 5.75 Å². The van der Waals surface area contributed by atoms with Gasteiger partial charge in [0, 0.05) is 13.0 Å². The molecule has 0 aliphatic carbocycles. The van der Waals surface area contributed by atoms with Crippen molar-refractivity contribution < 1.29 is 9.53 Å². The first-order valence-corrected chi connectivity index (χ1v) is 5.23. The number of rotatable bonds is 3. The molecule has 80 valence electrons. The second-order valence-corrected chi connectivity index (χ2v) is 3.85. The summed E-state index contributed by atoms with van der Waals surface area (Å²) in [6.45, 7) is 3.24. The van der Waals surface area contributed by atoms with E-state index in [4.69, 9.17) is 4.74 Å². The molecule has 2 rings (SSSR count). The van der Waals surface area contributed by atoms with Crippen LogP contribution < -0.4 is 4.74 Å². The molecule has 0 unspecified atom stereocenters. The van der Waals surface area contributed by atoms with Crippen LogP contribution >= 0.6 is 0 Å². The van der Waals surface area contributed by atoms with Crippen molar-refractivity contribution in [2.24, 2.45) is 0 Å². The fourth-order valence-electron chi connectivity index (χ4n) is 1.63. The Morgan fingerprint density at radius 3 is 2.67 bits per heavy atom. The third-order valence-corrected chi connectivity index (χ3v) is 2.58. The van der Waals surface area contributed by atoms with E-state index in [9.17, 15) is 4.79 Å². The molecule has 3 heteroatoms. The number of ether oxygens (including phenoxy) is 1. The molecule has 1 aromatic rings. The van der Waals surface area contributed by atoms with Gasteiger partial charge in [-0.15, -0.1) is 0 Å². The largest absolute Gasteiger partial charge is 0.473 e. The van der Waals surface area contributed by atoms with Gasteiger partial charge in [-0.05, 0) is 25.5 Å². The molecule has 0 radical (unpaired) electrons. The van der Waals surface area contributed by atoms with Gasteiger partial charge in [0.1, 0.15) is 5.75 Å². The number of amides is 1. The van der Waals surface area contributed by atoms with Crippen LogP contribution in [0.2, 0.25) is 0 Å². The van der Waals surface area contributed by atoms with Gasteiger partial charge in [-0.3, -0.25) is 4.79 Å². The summed E-state index contributed by atoms with van der Waals surface area (Å²) in [4.78, 5) is 13.0. The van der Waals surface area contributed by atoms with Crippen molar-refractivity contribution in [1.29, 1.82) is 0 Å². The van der Waals surface area contributed by atoms with Gasteiger partial charge in [0.05, 0.1) is 0 Å². The molecule has 0 N–H and O–H groups in total. The molecule has 0 saturated carbocycles. The van der Waals surface area contributed by atoms with E-state index in [0.29, 0.717) is 13.2 Å². The molecule has 0 aromatic heterocycles. The van der Waals surface area contributed by atoms with Crippen LogP contribution in [0.3, 0.4) is 0 Å². The number of hydrogen-bond acceptors (Lipinski definition) is 2. The number of nitrogens with zero attached hydrogens (tertiary/aromatic N) is 1. The molecule has 1 amide bonds. The smallest absolute Gasteiger partial charge is 0.225 e. The van der Waals surface area contributed by atoms with Gasteiger partial charge in [0.15, 0.2) is 6.73 Å². The first-order chi connectivity index (χ1) is 7.25. The van der Waals surface area contributed by atoms with Crippen molar-refractivity contribution in [3.05, 3.63) is 29.8 Å². The van der Waals surface area contributed by atoms with Crippen LogP contribution in [-0.4, -0.2) is 24.1 Å². The van der Waals surface area contributed by atoms with E-state index in [1.165, 1.54) is 5.56 Å². The molecule has 1 aliphatic heterocycles. The number of benzene rings is 1. The standard InChI is InChI=1S/C12H15NO2/c1-10-4-6-11(7-5-10)15-9-13-8-2-3-12(13)14/h4-7H,2-3,8-9H2,1H3. The lowest BCUT2D eigenvalue weighted by molar-refractivity contribution is -0.130. The number of aryl methyl sites for hydroxylation is 1. The van der Waals surface area contributed by atoms with Crippen LogP contribution in [0.25, 0.3) is 0 Å². The van der Waals surface area contributed by atoms with E-state index in [-0.39, 0.29) is 5.91 Å². The summed E-state index contributed by atoms with van der Waals surface area (Å²) in [6, 6.07) is 7.86. The number of likely N-dealkylation sites (tertiary alicyclic amines) is 1. The van der Waals surface area contributed by atoms with E-state index in [1.54, 1.807) is 4.90 Å². The monoisotopic (exact) mass is 205 g/mol. The van der Waals surface area contributed by atoms with Crippen LogP contribution in [0.15, 0.2) is 24.3 Å². The van der Waals surface area contributed by atoms with Crippen LogP contribution in [-0.2, 0) is 4.79 Å². The van der Waals surface area contributed by atoms with E-state index < -0.39 is 0 Å². The molecule has 1 saturated heterocycles. The van der Waals surface area contributed by atoms with Crippen molar-refractivity contribution in [3.63, 3.8) is 0 Å². The maximum Gasteiger partial charge on any atom is 0.225 e. The SMILES string of the molecule is Cc1ccc(OCN2CCCC2=O)cc1. The minimum Gasteiger partial charge on any atom is -0.473 e. The molecule has 0 bridgehead atoms. The van der Waals surface area contributed by atoms with Gasteiger partial charge in [0.25, 0.3) is 0 Å². The Bertz CT molecular complexity index is 345. The Balaban J connectivity index is 1.87. The molecule has 1 aliphatic rings. The summed E-state index contributed by atoms with van der Waals surface area (Å²) in [5.74, 6) is 1.02. The molecule has 1 fully saturated rings. The highest BCUT2D eigenvalue weighted by molar-refractivity contribution is 5.77. The van der Waals surface area contributed by atoms with E-state index in [2.05, 4.69) is 0 Å². The van der Waals surface area contributed by atoms with Crippen LogP contribution in [0, 0.1) is 6.92 Å². The topological polar surface area (TPSA) is 29.5 Å². The maximum absolute atomic E-state index is 11.3. The lowest BCUT2D eigenvalue weighted by Crippen LogP contribution is -2.28. The average molecular weight is 205 g/mol. The third kappa shape index (κ3) is 2.49.